The SMILES string of the molecule is CC(C)(C)C1NC(=O)C(=Cc2ccc(C(F)(F)F)cc2)O1. The second kappa shape index (κ2) is 5.09. The minimum atomic E-state index is -4.37. The topological polar surface area (TPSA) is 38.3 Å². The van der Waals surface area contributed by atoms with Crippen LogP contribution >= 0.6 is 0 Å². The van der Waals surface area contributed by atoms with Crippen molar-refractivity contribution in [2.24, 2.45) is 5.41 Å². The third-order valence-corrected chi connectivity index (χ3v) is 3.05. The molecule has 1 N–H and O–H groups in total. The summed E-state index contributed by atoms with van der Waals surface area (Å²) in [6, 6.07) is 4.55. The molecule has 0 spiro atoms. The number of ether oxygens (including phenoxy) is 1. The molecule has 0 aromatic heterocycles. The maximum absolute atomic E-state index is 12.5. The largest absolute Gasteiger partial charge is 0.464 e. The van der Waals surface area contributed by atoms with Crippen LogP contribution in [0, 0.1) is 5.41 Å². The molecule has 21 heavy (non-hydrogen) atoms. The van der Waals surface area contributed by atoms with Gasteiger partial charge in [-0.2, -0.15) is 13.2 Å². The molecule has 0 aliphatic carbocycles. The maximum atomic E-state index is 12.5. The normalized spacial score (nSPS) is 21.3. The van der Waals surface area contributed by atoms with Crippen molar-refractivity contribution in [1.29, 1.82) is 0 Å². The number of alkyl halides is 3. The number of nitrogens with one attached hydrogen (secondary N) is 1. The molecular weight excluding hydrogens is 283 g/mol. The Balaban J connectivity index is 2.19. The molecular formula is C15H16F3NO2. The molecule has 0 saturated carbocycles. The summed E-state index contributed by atoms with van der Waals surface area (Å²) >= 11 is 0. The Morgan fingerprint density at radius 2 is 1.71 bits per heavy atom. The van der Waals surface area contributed by atoms with Gasteiger partial charge in [-0.3, -0.25) is 4.79 Å². The van der Waals surface area contributed by atoms with Gasteiger partial charge in [-0.25, -0.2) is 0 Å². The zero-order valence-electron chi connectivity index (χ0n) is 11.9. The van der Waals surface area contributed by atoms with Crippen LogP contribution in [0.2, 0.25) is 0 Å². The second-order valence-electron chi connectivity index (χ2n) is 5.97. The highest BCUT2D eigenvalue weighted by molar-refractivity contribution is 5.97. The lowest BCUT2D eigenvalue weighted by molar-refractivity contribution is -0.137. The van der Waals surface area contributed by atoms with E-state index in [1.54, 1.807) is 0 Å². The maximum Gasteiger partial charge on any atom is 0.416 e. The molecule has 2 rings (SSSR count). The van der Waals surface area contributed by atoms with Gasteiger partial charge in [0, 0.05) is 5.41 Å². The number of carbonyl (C=O) groups excluding carboxylic acids is 1. The Labute approximate surface area is 120 Å². The summed E-state index contributed by atoms with van der Waals surface area (Å²) in [6.45, 7) is 5.75. The van der Waals surface area contributed by atoms with E-state index in [-0.39, 0.29) is 17.1 Å². The number of halogens is 3. The van der Waals surface area contributed by atoms with Gasteiger partial charge in [0.2, 0.25) is 0 Å². The van der Waals surface area contributed by atoms with Gasteiger partial charge in [0.05, 0.1) is 5.56 Å². The molecule has 0 bridgehead atoms. The number of amides is 1. The number of hydrogen-bond acceptors (Lipinski definition) is 2. The first kappa shape index (κ1) is 15.4. The van der Waals surface area contributed by atoms with Gasteiger partial charge >= 0.3 is 6.18 Å². The van der Waals surface area contributed by atoms with Crippen molar-refractivity contribution in [2.75, 3.05) is 0 Å². The van der Waals surface area contributed by atoms with Crippen molar-refractivity contribution in [3.8, 4) is 0 Å². The Hall–Kier alpha value is -1.98. The van der Waals surface area contributed by atoms with E-state index in [0.29, 0.717) is 5.56 Å². The van der Waals surface area contributed by atoms with E-state index in [1.807, 2.05) is 20.8 Å². The van der Waals surface area contributed by atoms with Crippen molar-refractivity contribution < 1.29 is 22.7 Å². The molecule has 1 aromatic rings. The molecule has 1 aliphatic heterocycles. The fraction of sp³-hybridized carbons (Fsp3) is 0.400. The minimum absolute atomic E-state index is 0.106. The molecule has 3 nitrogen and oxygen atoms in total. The first-order chi connectivity index (χ1) is 9.57. The van der Waals surface area contributed by atoms with Crippen molar-refractivity contribution in [3.63, 3.8) is 0 Å². The van der Waals surface area contributed by atoms with E-state index in [0.717, 1.165) is 12.1 Å². The lowest BCUT2D eigenvalue weighted by Gasteiger charge is -2.24. The number of benzene rings is 1. The van der Waals surface area contributed by atoms with Gasteiger partial charge < -0.3 is 10.1 Å². The van der Waals surface area contributed by atoms with Crippen molar-refractivity contribution in [2.45, 2.75) is 33.2 Å². The molecule has 1 heterocycles. The molecule has 0 radical (unpaired) electrons. The summed E-state index contributed by atoms with van der Waals surface area (Å²) in [5.74, 6) is -0.260. The number of rotatable bonds is 1. The van der Waals surface area contributed by atoms with Gasteiger partial charge in [-0.1, -0.05) is 32.9 Å². The lowest BCUT2D eigenvalue weighted by atomic mass is 9.94. The van der Waals surface area contributed by atoms with E-state index in [4.69, 9.17) is 4.74 Å². The van der Waals surface area contributed by atoms with E-state index in [2.05, 4.69) is 5.32 Å². The van der Waals surface area contributed by atoms with Crippen LogP contribution in [0.3, 0.4) is 0 Å². The average molecular weight is 299 g/mol. The molecule has 6 heteroatoms. The molecule has 1 unspecified atom stereocenters. The Bertz CT molecular complexity index is 568. The van der Waals surface area contributed by atoms with E-state index < -0.39 is 18.0 Å². The van der Waals surface area contributed by atoms with Crippen molar-refractivity contribution >= 4 is 12.0 Å². The van der Waals surface area contributed by atoms with Gasteiger partial charge in [-0.15, -0.1) is 0 Å². The third kappa shape index (κ3) is 3.56. The zero-order chi connectivity index (χ0) is 15.8. The Morgan fingerprint density at radius 3 is 2.14 bits per heavy atom. The van der Waals surface area contributed by atoms with Gasteiger partial charge in [0.15, 0.2) is 12.0 Å². The van der Waals surface area contributed by atoms with Gasteiger partial charge in [-0.05, 0) is 23.8 Å². The van der Waals surface area contributed by atoms with Crippen LogP contribution in [-0.2, 0) is 15.7 Å². The first-order valence-electron chi connectivity index (χ1n) is 6.44. The van der Waals surface area contributed by atoms with E-state index in [9.17, 15) is 18.0 Å². The fourth-order valence-corrected chi connectivity index (χ4v) is 1.81. The highest BCUT2D eigenvalue weighted by Crippen LogP contribution is 2.30. The minimum Gasteiger partial charge on any atom is -0.464 e. The summed E-state index contributed by atoms with van der Waals surface area (Å²) in [6.07, 6.45) is -3.39. The zero-order valence-corrected chi connectivity index (χ0v) is 11.9. The quantitative estimate of drug-likeness (QED) is 0.805. The molecule has 114 valence electrons. The summed E-state index contributed by atoms with van der Waals surface area (Å²) in [5.41, 5.74) is -0.525. The Kier molecular flexibility index (Phi) is 3.74. The number of hydrogen-bond donors (Lipinski definition) is 1. The van der Waals surface area contributed by atoms with Crippen LogP contribution in [-0.4, -0.2) is 12.1 Å². The predicted molar refractivity (Wildman–Crippen MR) is 71.9 cm³/mol. The second-order valence-corrected chi connectivity index (χ2v) is 5.97. The smallest absolute Gasteiger partial charge is 0.416 e. The highest BCUT2D eigenvalue weighted by atomic mass is 19.4. The summed E-state index contributed by atoms with van der Waals surface area (Å²) in [5, 5.41) is 2.69. The molecule has 1 aromatic carbocycles. The van der Waals surface area contributed by atoms with Crippen LogP contribution in [0.1, 0.15) is 31.9 Å². The summed E-state index contributed by atoms with van der Waals surface area (Å²) in [7, 11) is 0. The van der Waals surface area contributed by atoms with E-state index >= 15 is 0 Å². The average Bonchev–Trinajstić information content (AvgIpc) is 2.70. The lowest BCUT2D eigenvalue weighted by Crippen LogP contribution is -2.37. The third-order valence-electron chi connectivity index (χ3n) is 3.05. The molecule has 1 aliphatic rings. The first-order valence-corrected chi connectivity index (χ1v) is 6.44. The van der Waals surface area contributed by atoms with Crippen LogP contribution < -0.4 is 5.32 Å². The summed E-state index contributed by atoms with van der Waals surface area (Å²) < 4.78 is 42.9. The highest BCUT2D eigenvalue weighted by Gasteiger charge is 2.36. The van der Waals surface area contributed by atoms with Crippen LogP contribution in [0.25, 0.3) is 6.08 Å². The summed E-state index contributed by atoms with van der Waals surface area (Å²) in [4.78, 5) is 11.8. The van der Waals surface area contributed by atoms with E-state index in [1.165, 1.54) is 18.2 Å². The van der Waals surface area contributed by atoms with Crippen LogP contribution in [0.4, 0.5) is 13.2 Å². The molecule has 1 fully saturated rings. The number of carbonyl (C=O) groups is 1. The predicted octanol–water partition coefficient (Wildman–Crippen LogP) is 3.56. The van der Waals surface area contributed by atoms with Gasteiger partial charge in [0.25, 0.3) is 5.91 Å². The Morgan fingerprint density at radius 1 is 1.14 bits per heavy atom. The van der Waals surface area contributed by atoms with Crippen LogP contribution in [0.5, 0.6) is 0 Å². The fourth-order valence-electron chi connectivity index (χ4n) is 1.81. The van der Waals surface area contributed by atoms with Crippen molar-refractivity contribution in [3.05, 3.63) is 41.2 Å². The van der Waals surface area contributed by atoms with Crippen molar-refractivity contribution in [1.82, 2.24) is 5.32 Å². The molecule has 1 amide bonds. The standard InChI is InChI=1S/C15H16F3NO2/c1-14(2,3)13-19-12(20)11(21-13)8-9-4-6-10(7-5-9)15(16,17)18/h4-8,13H,1-3H3,(H,19,20). The van der Waals surface area contributed by atoms with Gasteiger partial charge in [0.1, 0.15) is 0 Å². The molecule has 1 saturated heterocycles. The molecule has 1 atom stereocenters. The van der Waals surface area contributed by atoms with Crippen LogP contribution in [0.15, 0.2) is 30.0 Å². The monoisotopic (exact) mass is 299 g/mol.